The number of nitrogens with one attached hydrogen (secondary N) is 1. The van der Waals surface area contributed by atoms with E-state index in [2.05, 4.69) is 9.71 Å². The summed E-state index contributed by atoms with van der Waals surface area (Å²) in [6.07, 6.45) is -0.823. The molecule has 1 heterocycles. The monoisotopic (exact) mass is 324 g/mol. The highest BCUT2D eigenvalue weighted by molar-refractivity contribution is 7.90. The minimum Gasteiger partial charge on any atom is -0.455 e. The maximum Gasteiger partial charge on any atom is 0.308 e. The molecule has 0 aliphatic carbocycles. The highest BCUT2D eigenvalue weighted by Crippen LogP contribution is 2.22. The minimum atomic E-state index is -3.58. The molecule has 8 heteroatoms. The van der Waals surface area contributed by atoms with Crippen LogP contribution in [0.25, 0.3) is 0 Å². The fourth-order valence-electron chi connectivity index (χ4n) is 1.85. The Labute approximate surface area is 128 Å². The summed E-state index contributed by atoms with van der Waals surface area (Å²) < 4.78 is 31.0. The number of carbonyl (C=O) groups is 2. The summed E-state index contributed by atoms with van der Waals surface area (Å²) in [4.78, 5) is 26.8. The fraction of sp³-hybridized carbons (Fsp3) is 0.357. The molecular weight excluding hydrogens is 308 g/mol. The molecule has 1 aliphatic rings. The van der Waals surface area contributed by atoms with Gasteiger partial charge in [-0.25, -0.2) is 8.42 Å². The van der Waals surface area contributed by atoms with Crippen molar-refractivity contribution in [3.05, 3.63) is 29.8 Å². The van der Waals surface area contributed by atoms with Gasteiger partial charge >= 0.3 is 5.97 Å². The van der Waals surface area contributed by atoms with Crippen molar-refractivity contribution in [2.75, 3.05) is 6.54 Å². The predicted octanol–water partition coefficient (Wildman–Crippen LogP) is 0.636. The van der Waals surface area contributed by atoms with E-state index in [1.165, 1.54) is 19.9 Å². The predicted molar refractivity (Wildman–Crippen MR) is 79.0 cm³/mol. The Morgan fingerprint density at radius 2 is 2.00 bits per heavy atom. The summed E-state index contributed by atoms with van der Waals surface area (Å²) in [7, 11) is -3.58. The zero-order chi connectivity index (χ0) is 16.3. The molecule has 0 aromatic heterocycles. The third-order valence-electron chi connectivity index (χ3n) is 3.13. The summed E-state index contributed by atoms with van der Waals surface area (Å²) >= 11 is 0. The number of Topliss-reactive ketones (excluding diaryl/α,β-unsaturated/α-hetero) is 1. The van der Waals surface area contributed by atoms with E-state index in [4.69, 9.17) is 4.74 Å². The van der Waals surface area contributed by atoms with Crippen LogP contribution in [0.2, 0.25) is 0 Å². The number of hydrogen-bond donors (Lipinski definition) is 1. The maximum absolute atomic E-state index is 11.9. The molecule has 1 atom stereocenters. The van der Waals surface area contributed by atoms with Crippen molar-refractivity contribution in [3.63, 3.8) is 0 Å². The molecule has 118 valence electrons. The van der Waals surface area contributed by atoms with E-state index in [-0.39, 0.29) is 29.5 Å². The molecule has 7 nitrogen and oxygen atoms in total. The van der Waals surface area contributed by atoms with Crippen molar-refractivity contribution in [1.29, 1.82) is 0 Å². The second-order valence-corrected chi connectivity index (χ2v) is 6.48. The molecule has 0 spiro atoms. The van der Waals surface area contributed by atoms with Crippen LogP contribution in [-0.2, 0) is 24.3 Å². The quantitative estimate of drug-likeness (QED) is 0.801. The number of ether oxygens (including phenoxy) is 1. The van der Waals surface area contributed by atoms with Gasteiger partial charge < -0.3 is 4.74 Å². The van der Waals surface area contributed by atoms with E-state index >= 15 is 0 Å². The highest BCUT2D eigenvalue weighted by atomic mass is 32.2. The van der Waals surface area contributed by atoms with Gasteiger partial charge in [-0.05, 0) is 26.0 Å². The number of rotatable bonds is 5. The van der Waals surface area contributed by atoms with Gasteiger partial charge in [0, 0.05) is 5.56 Å². The summed E-state index contributed by atoms with van der Waals surface area (Å²) in [5.74, 6) is -0.582. The number of amidine groups is 1. The topological polar surface area (TPSA) is 102 Å². The summed E-state index contributed by atoms with van der Waals surface area (Å²) in [6.45, 7) is 2.89. The van der Waals surface area contributed by atoms with Crippen LogP contribution in [0, 0.1) is 0 Å². The van der Waals surface area contributed by atoms with Gasteiger partial charge in [0.05, 0.1) is 17.9 Å². The average Bonchev–Trinajstić information content (AvgIpc) is 2.71. The standard InChI is InChI=1S/C14H16N2O5S/c1-9(17)10(2)21-13(18)7-8-15-14-11-5-3-4-6-12(11)22(19,20)16-14/h3-6,10H,7-8H2,1-2H3,(H,15,16). The molecule has 0 saturated carbocycles. The number of sulfonamides is 1. The number of fused-ring (bicyclic) bond motifs is 1. The summed E-state index contributed by atoms with van der Waals surface area (Å²) in [6, 6.07) is 6.46. The highest BCUT2D eigenvalue weighted by Gasteiger charge is 2.29. The lowest BCUT2D eigenvalue weighted by molar-refractivity contribution is -0.153. The van der Waals surface area contributed by atoms with Crippen molar-refractivity contribution in [2.24, 2.45) is 4.99 Å². The Kier molecular flexibility index (Phi) is 4.60. The number of ketones is 1. The van der Waals surface area contributed by atoms with Gasteiger partial charge in [0.15, 0.2) is 11.9 Å². The van der Waals surface area contributed by atoms with Gasteiger partial charge in [0.2, 0.25) is 0 Å². The Bertz CT molecular complexity index is 739. The summed E-state index contributed by atoms with van der Waals surface area (Å²) in [5, 5.41) is 0. The van der Waals surface area contributed by atoms with Crippen LogP contribution >= 0.6 is 0 Å². The molecular formula is C14H16N2O5S. The first-order valence-corrected chi connectivity index (χ1v) is 8.16. The van der Waals surface area contributed by atoms with Gasteiger partial charge in [-0.3, -0.25) is 19.3 Å². The molecule has 22 heavy (non-hydrogen) atoms. The van der Waals surface area contributed by atoms with E-state index < -0.39 is 22.1 Å². The van der Waals surface area contributed by atoms with Crippen LogP contribution in [0.3, 0.4) is 0 Å². The van der Waals surface area contributed by atoms with Crippen molar-refractivity contribution >= 4 is 27.6 Å². The second-order valence-electron chi connectivity index (χ2n) is 4.82. The lowest BCUT2D eigenvalue weighted by atomic mass is 10.2. The van der Waals surface area contributed by atoms with Crippen LogP contribution in [0.15, 0.2) is 34.2 Å². The lowest BCUT2D eigenvalue weighted by Gasteiger charge is -2.08. The largest absolute Gasteiger partial charge is 0.455 e. The van der Waals surface area contributed by atoms with Gasteiger partial charge in [0.25, 0.3) is 10.0 Å². The fourth-order valence-corrected chi connectivity index (χ4v) is 3.10. The van der Waals surface area contributed by atoms with Crippen LogP contribution in [-0.4, -0.2) is 38.7 Å². The van der Waals surface area contributed by atoms with Crippen molar-refractivity contribution in [1.82, 2.24) is 4.72 Å². The van der Waals surface area contributed by atoms with E-state index in [1.54, 1.807) is 18.2 Å². The second kappa shape index (κ2) is 6.27. The lowest BCUT2D eigenvalue weighted by Crippen LogP contribution is -2.24. The van der Waals surface area contributed by atoms with Crippen LogP contribution in [0.5, 0.6) is 0 Å². The van der Waals surface area contributed by atoms with E-state index in [0.29, 0.717) is 5.56 Å². The number of esters is 1. The van der Waals surface area contributed by atoms with Gasteiger partial charge in [0.1, 0.15) is 5.84 Å². The maximum atomic E-state index is 11.9. The first-order valence-electron chi connectivity index (χ1n) is 6.68. The first kappa shape index (κ1) is 16.2. The Morgan fingerprint density at radius 3 is 2.68 bits per heavy atom. The molecule has 0 radical (unpaired) electrons. The van der Waals surface area contributed by atoms with E-state index in [1.807, 2.05) is 0 Å². The van der Waals surface area contributed by atoms with E-state index in [0.717, 1.165) is 0 Å². The molecule has 1 aromatic rings. The number of benzene rings is 1. The molecule has 0 saturated heterocycles. The van der Waals surface area contributed by atoms with Crippen molar-refractivity contribution in [2.45, 2.75) is 31.3 Å². The van der Waals surface area contributed by atoms with Gasteiger partial charge in [-0.1, -0.05) is 12.1 Å². The third kappa shape index (κ3) is 3.51. The SMILES string of the molecule is CC(=O)C(C)OC(=O)CCN=C1NS(=O)(=O)c2ccccc21. The molecule has 2 rings (SSSR count). The smallest absolute Gasteiger partial charge is 0.308 e. The Morgan fingerprint density at radius 1 is 1.32 bits per heavy atom. The van der Waals surface area contributed by atoms with Gasteiger partial charge in [-0.2, -0.15) is 0 Å². The summed E-state index contributed by atoms with van der Waals surface area (Å²) in [5.41, 5.74) is 0.480. The molecule has 0 amide bonds. The number of nitrogens with zero attached hydrogens (tertiary/aromatic N) is 1. The third-order valence-corrected chi connectivity index (χ3v) is 4.53. The number of hydrogen-bond acceptors (Lipinski definition) is 6. The van der Waals surface area contributed by atoms with Gasteiger partial charge in [-0.15, -0.1) is 0 Å². The molecule has 1 N–H and O–H groups in total. The Hall–Kier alpha value is -2.22. The van der Waals surface area contributed by atoms with Crippen LogP contribution < -0.4 is 4.72 Å². The molecule has 1 unspecified atom stereocenters. The van der Waals surface area contributed by atoms with E-state index in [9.17, 15) is 18.0 Å². The van der Waals surface area contributed by atoms with Crippen molar-refractivity contribution < 1.29 is 22.7 Å². The Balaban J connectivity index is 2.01. The van der Waals surface area contributed by atoms with Crippen molar-refractivity contribution in [3.8, 4) is 0 Å². The van der Waals surface area contributed by atoms with Crippen LogP contribution in [0.4, 0.5) is 0 Å². The zero-order valence-corrected chi connectivity index (χ0v) is 13.0. The normalized spacial score (nSPS) is 18.4. The molecule has 1 aromatic carbocycles. The minimum absolute atomic E-state index is 0.0367. The average molecular weight is 324 g/mol. The molecule has 1 aliphatic heterocycles. The first-order chi connectivity index (χ1) is 10.3. The van der Waals surface area contributed by atoms with Crippen LogP contribution in [0.1, 0.15) is 25.8 Å². The zero-order valence-electron chi connectivity index (χ0n) is 12.2. The molecule has 0 fully saturated rings. The number of carbonyl (C=O) groups excluding carboxylic acids is 2. The molecule has 0 bridgehead atoms. The number of aliphatic imine (C=N–C) groups is 1.